The number of hydrogen-bond donors (Lipinski definition) is 3. The zero-order valence-corrected chi connectivity index (χ0v) is 11.6. The standard InChI is InChI=1S/C13H16ClN3O3/c14-10-5-9(12(18)19)1-2-11(10)16-13(20)17-4-3-8(6-15)7-17/h1-2,5,8H,3-4,6-7,15H2,(H,16,20)(H,18,19). The minimum atomic E-state index is -1.06. The summed E-state index contributed by atoms with van der Waals surface area (Å²) < 4.78 is 0. The number of carbonyl (C=O) groups is 2. The Labute approximate surface area is 121 Å². The molecule has 0 saturated carbocycles. The van der Waals surface area contributed by atoms with Crippen LogP contribution in [0.15, 0.2) is 18.2 Å². The summed E-state index contributed by atoms with van der Waals surface area (Å²) in [5, 5.41) is 11.7. The molecule has 2 amide bonds. The Morgan fingerprint density at radius 2 is 2.25 bits per heavy atom. The Kier molecular flexibility index (Phi) is 4.46. The number of nitrogens with two attached hydrogens (primary N) is 1. The van der Waals surface area contributed by atoms with Gasteiger partial charge in [0.05, 0.1) is 16.3 Å². The SMILES string of the molecule is NCC1CCN(C(=O)Nc2ccc(C(=O)O)cc2Cl)C1. The number of carbonyl (C=O) groups excluding carboxylic acids is 1. The van der Waals surface area contributed by atoms with Crippen LogP contribution < -0.4 is 11.1 Å². The maximum absolute atomic E-state index is 12.0. The molecule has 6 nitrogen and oxygen atoms in total. The summed E-state index contributed by atoms with van der Waals surface area (Å²) in [6, 6.07) is 3.95. The van der Waals surface area contributed by atoms with Crippen LogP contribution in [-0.2, 0) is 0 Å². The van der Waals surface area contributed by atoms with Gasteiger partial charge in [0.2, 0.25) is 0 Å². The molecule has 1 fully saturated rings. The second-order valence-electron chi connectivity index (χ2n) is 4.77. The molecule has 1 unspecified atom stereocenters. The summed E-state index contributed by atoms with van der Waals surface area (Å²) in [5.74, 6) is -0.722. The number of likely N-dealkylation sites (tertiary alicyclic amines) is 1. The number of carboxylic acid groups (broad SMARTS) is 1. The fraction of sp³-hybridized carbons (Fsp3) is 0.385. The second-order valence-corrected chi connectivity index (χ2v) is 5.17. The van der Waals surface area contributed by atoms with Gasteiger partial charge in [-0.15, -0.1) is 0 Å². The third kappa shape index (κ3) is 3.20. The number of nitrogens with one attached hydrogen (secondary N) is 1. The molecule has 0 aliphatic carbocycles. The van der Waals surface area contributed by atoms with E-state index in [2.05, 4.69) is 5.32 Å². The van der Waals surface area contributed by atoms with Crippen molar-refractivity contribution in [2.45, 2.75) is 6.42 Å². The monoisotopic (exact) mass is 297 g/mol. The lowest BCUT2D eigenvalue weighted by Gasteiger charge is -2.17. The van der Waals surface area contributed by atoms with E-state index in [1.807, 2.05) is 0 Å². The first-order chi connectivity index (χ1) is 9.51. The molecule has 0 bridgehead atoms. The first-order valence-corrected chi connectivity index (χ1v) is 6.68. The Balaban J connectivity index is 2.03. The molecule has 1 heterocycles. The predicted molar refractivity (Wildman–Crippen MR) is 76.2 cm³/mol. The van der Waals surface area contributed by atoms with E-state index in [0.717, 1.165) is 6.42 Å². The molecule has 1 aliphatic rings. The lowest BCUT2D eigenvalue weighted by Crippen LogP contribution is -2.33. The topological polar surface area (TPSA) is 95.7 Å². The molecule has 1 aromatic rings. The smallest absolute Gasteiger partial charge is 0.335 e. The summed E-state index contributed by atoms with van der Waals surface area (Å²) in [5.41, 5.74) is 6.06. The number of rotatable bonds is 3. The lowest BCUT2D eigenvalue weighted by atomic mass is 10.1. The lowest BCUT2D eigenvalue weighted by molar-refractivity contribution is 0.0697. The average Bonchev–Trinajstić information content (AvgIpc) is 2.89. The van der Waals surface area contributed by atoms with Crippen LogP contribution >= 0.6 is 11.6 Å². The van der Waals surface area contributed by atoms with Gasteiger partial charge < -0.3 is 21.1 Å². The van der Waals surface area contributed by atoms with Crippen LogP contribution in [0.2, 0.25) is 5.02 Å². The first kappa shape index (κ1) is 14.6. The highest BCUT2D eigenvalue weighted by molar-refractivity contribution is 6.34. The van der Waals surface area contributed by atoms with Gasteiger partial charge >= 0.3 is 12.0 Å². The summed E-state index contributed by atoms with van der Waals surface area (Å²) in [7, 11) is 0. The zero-order chi connectivity index (χ0) is 14.7. The van der Waals surface area contributed by atoms with Crippen LogP contribution in [0, 0.1) is 5.92 Å². The highest BCUT2D eigenvalue weighted by Crippen LogP contribution is 2.24. The molecular formula is C13H16ClN3O3. The fourth-order valence-electron chi connectivity index (χ4n) is 2.15. The number of benzene rings is 1. The van der Waals surface area contributed by atoms with Crippen molar-refractivity contribution < 1.29 is 14.7 Å². The number of aromatic carboxylic acids is 1. The second kappa shape index (κ2) is 6.11. The van der Waals surface area contributed by atoms with Crippen molar-refractivity contribution in [1.29, 1.82) is 0 Å². The third-order valence-electron chi connectivity index (χ3n) is 3.36. The Bertz CT molecular complexity index is 536. The van der Waals surface area contributed by atoms with Crippen molar-refractivity contribution in [2.24, 2.45) is 11.7 Å². The molecule has 0 aromatic heterocycles. The Hall–Kier alpha value is -1.79. The molecule has 4 N–H and O–H groups in total. The van der Waals surface area contributed by atoms with E-state index in [1.54, 1.807) is 4.90 Å². The minimum absolute atomic E-state index is 0.0809. The first-order valence-electron chi connectivity index (χ1n) is 6.30. The predicted octanol–water partition coefficient (Wildman–Crippen LogP) is 1.85. The van der Waals surface area contributed by atoms with E-state index in [-0.39, 0.29) is 16.6 Å². The van der Waals surface area contributed by atoms with Crippen LogP contribution in [0.1, 0.15) is 16.8 Å². The summed E-state index contributed by atoms with van der Waals surface area (Å²) in [6.45, 7) is 1.86. The summed E-state index contributed by atoms with van der Waals surface area (Å²) >= 11 is 5.96. The molecule has 20 heavy (non-hydrogen) atoms. The van der Waals surface area contributed by atoms with Crippen molar-refractivity contribution in [3.8, 4) is 0 Å². The van der Waals surface area contributed by atoms with Gasteiger partial charge in [-0.1, -0.05) is 11.6 Å². The van der Waals surface area contributed by atoms with Gasteiger partial charge in [-0.25, -0.2) is 9.59 Å². The number of anilines is 1. The van der Waals surface area contributed by atoms with Crippen molar-refractivity contribution >= 4 is 29.3 Å². The normalized spacial score (nSPS) is 18.1. The van der Waals surface area contributed by atoms with Crippen molar-refractivity contribution in [1.82, 2.24) is 4.90 Å². The van der Waals surface area contributed by atoms with Gasteiger partial charge in [0.25, 0.3) is 0 Å². The molecule has 1 aliphatic heterocycles. The van der Waals surface area contributed by atoms with Gasteiger partial charge in [-0.2, -0.15) is 0 Å². The quantitative estimate of drug-likeness (QED) is 0.793. The molecular weight excluding hydrogens is 282 g/mol. The largest absolute Gasteiger partial charge is 0.478 e. The molecule has 0 radical (unpaired) electrons. The molecule has 1 saturated heterocycles. The minimum Gasteiger partial charge on any atom is -0.478 e. The highest BCUT2D eigenvalue weighted by Gasteiger charge is 2.25. The van der Waals surface area contributed by atoms with Crippen molar-refractivity contribution in [3.63, 3.8) is 0 Å². The maximum Gasteiger partial charge on any atom is 0.335 e. The van der Waals surface area contributed by atoms with Crippen LogP contribution in [0.3, 0.4) is 0 Å². The maximum atomic E-state index is 12.0. The van der Waals surface area contributed by atoms with Crippen molar-refractivity contribution in [2.75, 3.05) is 25.0 Å². The van der Waals surface area contributed by atoms with E-state index in [9.17, 15) is 9.59 Å². The number of carboxylic acids is 1. The number of nitrogens with zero attached hydrogens (tertiary/aromatic N) is 1. The Morgan fingerprint density at radius 1 is 1.50 bits per heavy atom. The molecule has 1 aromatic carbocycles. The van der Waals surface area contributed by atoms with Gasteiger partial charge in [-0.3, -0.25) is 0 Å². The van der Waals surface area contributed by atoms with Gasteiger partial charge in [0.1, 0.15) is 0 Å². The molecule has 108 valence electrons. The van der Waals surface area contributed by atoms with Crippen LogP contribution in [0.5, 0.6) is 0 Å². The molecule has 2 rings (SSSR count). The number of urea groups is 1. The van der Waals surface area contributed by atoms with Crippen LogP contribution in [0.4, 0.5) is 10.5 Å². The third-order valence-corrected chi connectivity index (χ3v) is 3.68. The van der Waals surface area contributed by atoms with Crippen molar-refractivity contribution in [3.05, 3.63) is 28.8 Å². The van der Waals surface area contributed by atoms with Crippen LogP contribution in [0.25, 0.3) is 0 Å². The van der Waals surface area contributed by atoms with E-state index < -0.39 is 5.97 Å². The highest BCUT2D eigenvalue weighted by atomic mass is 35.5. The van der Waals surface area contributed by atoms with Gasteiger partial charge in [0, 0.05) is 13.1 Å². The van der Waals surface area contributed by atoms with Gasteiger partial charge in [-0.05, 0) is 37.1 Å². The summed E-state index contributed by atoms with van der Waals surface area (Å²) in [6.07, 6.45) is 0.898. The van der Waals surface area contributed by atoms with E-state index in [1.165, 1.54) is 18.2 Å². The molecule has 7 heteroatoms. The fourth-order valence-corrected chi connectivity index (χ4v) is 2.38. The molecule has 1 atom stereocenters. The number of hydrogen-bond acceptors (Lipinski definition) is 3. The van der Waals surface area contributed by atoms with E-state index in [0.29, 0.717) is 31.2 Å². The van der Waals surface area contributed by atoms with E-state index in [4.69, 9.17) is 22.4 Å². The zero-order valence-electron chi connectivity index (χ0n) is 10.8. The number of amides is 2. The van der Waals surface area contributed by atoms with E-state index >= 15 is 0 Å². The number of halogens is 1. The van der Waals surface area contributed by atoms with Crippen LogP contribution in [-0.4, -0.2) is 41.6 Å². The van der Waals surface area contributed by atoms with Gasteiger partial charge in [0.15, 0.2) is 0 Å². The molecule has 0 spiro atoms. The summed E-state index contributed by atoms with van der Waals surface area (Å²) in [4.78, 5) is 24.5. The average molecular weight is 298 g/mol. The Morgan fingerprint density at radius 3 is 2.80 bits per heavy atom.